The molecule has 0 radical (unpaired) electrons. The zero-order chi connectivity index (χ0) is 18.5. The van der Waals surface area contributed by atoms with Gasteiger partial charge in [-0.05, 0) is 18.2 Å². The molecule has 0 fully saturated rings. The van der Waals surface area contributed by atoms with Crippen LogP contribution in [-0.4, -0.2) is 37.5 Å². The van der Waals surface area contributed by atoms with E-state index in [2.05, 4.69) is 4.98 Å². The number of hydrogen-bond acceptors (Lipinski definition) is 6. The third-order valence-corrected chi connectivity index (χ3v) is 3.97. The number of aromatic nitrogens is 2. The molecule has 26 heavy (non-hydrogen) atoms. The van der Waals surface area contributed by atoms with Gasteiger partial charge in [-0.15, -0.1) is 0 Å². The van der Waals surface area contributed by atoms with E-state index >= 15 is 0 Å². The maximum absolute atomic E-state index is 12.8. The van der Waals surface area contributed by atoms with Crippen molar-refractivity contribution in [2.75, 3.05) is 27.9 Å². The normalized spacial score (nSPS) is 10.6. The van der Waals surface area contributed by atoms with Crippen LogP contribution in [-0.2, 0) is 6.54 Å². The highest BCUT2D eigenvalue weighted by molar-refractivity contribution is 5.89. The highest BCUT2D eigenvalue weighted by Crippen LogP contribution is 2.41. The first-order valence-corrected chi connectivity index (χ1v) is 8.05. The van der Waals surface area contributed by atoms with Gasteiger partial charge in [0.15, 0.2) is 11.5 Å². The van der Waals surface area contributed by atoms with Crippen LogP contribution in [0.5, 0.6) is 23.0 Å². The summed E-state index contributed by atoms with van der Waals surface area (Å²) in [5.41, 5.74) is 0.223. The summed E-state index contributed by atoms with van der Waals surface area (Å²) in [7, 11) is 4.51. The van der Waals surface area contributed by atoms with E-state index in [1.807, 2.05) is 30.3 Å². The Balaban J connectivity index is 1.94. The fourth-order valence-corrected chi connectivity index (χ4v) is 2.70. The number of fused-ring (bicyclic) bond motifs is 1. The molecule has 2 aromatic carbocycles. The van der Waals surface area contributed by atoms with Crippen LogP contribution in [0.4, 0.5) is 0 Å². The van der Waals surface area contributed by atoms with Crippen LogP contribution in [0.15, 0.2) is 47.5 Å². The first kappa shape index (κ1) is 17.6. The molecular weight excluding hydrogens is 336 g/mol. The summed E-state index contributed by atoms with van der Waals surface area (Å²) in [6, 6.07) is 11.0. The SMILES string of the molecule is COc1cc2c(=O)n(CCOc3ccccc3)cnc2c(OC)c1OC. The van der Waals surface area contributed by atoms with Crippen molar-refractivity contribution < 1.29 is 18.9 Å². The van der Waals surface area contributed by atoms with E-state index in [0.717, 1.165) is 5.75 Å². The summed E-state index contributed by atoms with van der Waals surface area (Å²) >= 11 is 0. The average molecular weight is 356 g/mol. The Bertz CT molecular complexity index is 954. The molecule has 7 nitrogen and oxygen atoms in total. The van der Waals surface area contributed by atoms with Crippen molar-refractivity contribution in [1.29, 1.82) is 0 Å². The second kappa shape index (κ2) is 7.77. The van der Waals surface area contributed by atoms with Gasteiger partial charge in [-0.25, -0.2) is 4.98 Å². The maximum atomic E-state index is 12.8. The lowest BCUT2D eigenvalue weighted by molar-refractivity contribution is 0.296. The number of hydrogen-bond donors (Lipinski definition) is 0. The van der Waals surface area contributed by atoms with Gasteiger partial charge in [-0.1, -0.05) is 18.2 Å². The second-order valence-corrected chi connectivity index (χ2v) is 5.45. The van der Waals surface area contributed by atoms with Crippen molar-refractivity contribution in [2.45, 2.75) is 6.54 Å². The molecule has 0 aliphatic rings. The van der Waals surface area contributed by atoms with Crippen molar-refractivity contribution in [3.8, 4) is 23.0 Å². The molecule has 0 unspecified atom stereocenters. The van der Waals surface area contributed by atoms with E-state index in [1.165, 1.54) is 32.2 Å². The minimum absolute atomic E-state index is 0.203. The number of para-hydroxylation sites is 1. The third-order valence-electron chi connectivity index (χ3n) is 3.97. The Kier molecular flexibility index (Phi) is 5.26. The van der Waals surface area contributed by atoms with Gasteiger partial charge in [-0.2, -0.15) is 0 Å². The van der Waals surface area contributed by atoms with E-state index in [9.17, 15) is 4.79 Å². The molecule has 3 rings (SSSR count). The molecule has 0 aliphatic carbocycles. The molecule has 3 aromatic rings. The Labute approximate surface area is 150 Å². The smallest absolute Gasteiger partial charge is 0.261 e. The van der Waals surface area contributed by atoms with Crippen LogP contribution in [0.3, 0.4) is 0 Å². The Morgan fingerprint density at radius 1 is 1.00 bits per heavy atom. The van der Waals surface area contributed by atoms with Crippen molar-refractivity contribution in [2.24, 2.45) is 0 Å². The predicted molar refractivity (Wildman–Crippen MR) is 97.6 cm³/mol. The van der Waals surface area contributed by atoms with Crippen LogP contribution in [0.1, 0.15) is 0 Å². The van der Waals surface area contributed by atoms with E-state index in [4.69, 9.17) is 18.9 Å². The van der Waals surface area contributed by atoms with Crippen molar-refractivity contribution >= 4 is 10.9 Å². The number of ether oxygens (including phenoxy) is 4. The van der Waals surface area contributed by atoms with Gasteiger partial charge >= 0.3 is 0 Å². The molecule has 0 atom stereocenters. The number of benzene rings is 2. The lowest BCUT2D eigenvalue weighted by Crippen LogP contribution is -2.23. The van der Waals surface area contributed by atoms with Gasteiger partial charge in [-0.3, -0.25) is 9.36 Å². The fraction of sp³-hybridized carbons (Fsp3) is 0.263. The standard InChI is InChI=1S/C19H20N2O5/c1-23-15-11-14-16(18(25-3)17(15)24-2)20-12-21(19(14)22)9-10-26-13-7-5-4-6-8-13/h4-8,11-12H,9-10H2,1-3H3. The van der Waals surface area contributed by atoms with Crippen LogP contribution >= 0.6 is 0 Å². The summed E-state index contributed by atoms with van der Waals surface area (Å²) < 4.78 is 23.2. The minimum Gasteiger partial charge on any atom is -0.493 e. The number of nitrogens with zero attached hydrogens (tertiary/aromatic N) is 2. The van der Waals surface area contributed by atoms with Gasteiger partial charge in [0.25, 0.3) is 5.56 Å². The van der Waals surface area contributed by atoms with Gasteiger partial charge in [0.05, 0.1) is 39.6 Å². The van der Waals surface area contributed by atoms with Crippen LogP contribution in [0.2, 0.25) is 0 Å². The van der Waals surface area contributed by atoms with Gasteiger partial charge in [0.2, 0.25) is 5.75 Å². The highest BCUT2D eigenvalue weighted by Gasteiger charge is 2.19. The molecule has 0 spiro atoms. The molecule has 1 aromatic heterocycles. The molecule has 0 bridgehead atoms. The lowest BCUT2D eigenvalue weighted by atomic mass is 10.2. The fourth-order valence-electron chi connectivity index (χ4n) is 2.70. The summed E-state index contributed by atoms with van der Waals surface area (Å²) in [5.74, 6) is 1.93. The van der Waals surface area contributed by atoms with E-state index in [0.29, 0.717) is 41.3 Å². The maximum Gasteiger partial charge on any atom is 0.261 e. The Morgan fingerprint density at radius 3 is 2.38 bits per heavy atom. The molecule has 1 heterocycles. The number of rotatable bonds is 7. The Hall–Kier alpha value is -3.22. The summed E-state index contributed by atoms with van der Waals surface area (Å²) in [5, 5.41) is 0.390. The summed E-state index contributed by atoms with van der Waals surface area (Å²) in [6.07, 6.45) is 1.48. The van der Waals surface area contributed by atoms with Crippen molar-refractivity contribution in [3.05, 3.63) is 53.1 Å². The van der Waals surface area contributed by atoms with Crippen molar-refractivity contribution in [1.82, 2.24) is 9.55 Å². The molecule has 0 saturated heterocycles. The molecule has 0 aliphatic heterocycles. The van der Waals surface area contributed by atoms with E-state index in [-0.39, 0.29) is 5.56 Å². The van der Waals surface area contributed by atoms with Crippen molar-refractivity contribution in [3.63, 3.8) is 0 Å². The van der Waals surface area contributed by atoms with Crippen LogP contribution in [0.25, 0.3) is 10.9 Å². The second-order valence-electron chi connectivity index (χ2n) is 5.45. The molecular formula is C19H20N2O5. The molecule has 0 N–H and O–H groups in total. The molecule has 7 heteroatoms. The van der Waals surface area contributed by atoms with E-state index in [1.54, 1.807) is 6.07 Å². The molecule has 136 valence electrons. The first-order valence-electron chi connectivity index (χ1n) is 8.05. The largest absolute Gasteiger partial charge is 0.493 e. The number of methoxy groups -OCH3 is 3. The summed E-state index contributed by atoms with van der Waals surface area (Å²) in [4.78, 5) is 17.2. The van der Waals surface area contributed by atoms with Crippen LogP contribution < -0.4 is 24.5 Å². The van der Waals surface area contributed by atoms with Gasteiger partial charge < -0.3 is 18.9 Å². The third kappa shape index (κ3) is 3.28. The molecule has 0 amide bonds. The highest BCUT2D eigenvalue weighted by atomic mass is 16.5. The average Bonchev–Trinajstić information content (AvgIpc) is 2.69. The minimum atomic E-state index is -0.203. The first-order chi connectivity index (χ1) is 12.7. The monoisotopic (exact) mass is 356 g/mol. The van der Waals surface area contributed by atoms with Gasteiger partial charge in [0.1, 0.15) is 17.9 Å². The summed E-state index contributed by atoms with van der Waals surface area (Å²) in [6.45, 7) is 0.717. The quantitative estimate of drug-likeness (QED) is 0.648. The topological polar surface area (TPSA) is 71.8 Å². The lowest BCUT2D eigenvalue weighted by Gasteiger charge is -2.15. The molecule has 0 saturated carbocycles. The zero-order valence-electron chi connectivity index (χ0n) is 14.9. The van der Waals surface area contributed by atoms with Crippen LogP contribution in [0, 0.1) is 0 Å². The van der Waals surface area contributed by atoms with E-state index < -0.39 is 0 Å². The van der Waals surface area contributed by atoms with Gasteiger partial charge in [0, 0.05) is 0 Å². The zero-order valence-corrected chi connectivity index (χ0v) is 14.9. The Morgan fingerprint density at radius 2 is 1.73 bits per heavy atom. The predicted octanol–water partition coefficient (Wildman–Crippen LogP) is 2.50.